The average molecular weight is 236 g/mol. The maximum atomic E-state index is 8.68. The summed E-state index contributed by atoms with van der Waals surface area (Å²) in [6.07, 6.45) is 3.45. The first kappa shape index (κ1) is 16.2. The highest BCUT2D eigenvalue weighted by Gasteiger charge is 2.06. The van der Waals surface area contributed by atoms with Crippen LogP contribution >= 0.6 is 0 Å². The second-order valence-corrected chi connectivity index (χ2v) is 5.07. The average Bonchev–Trinajstić information content (AvgIpc) is 2.30. The van der Waals surface area contributed by atoms with Crippen molar-refractivity contribution in [2.24, 2.45) is 11.8 Å². The standard InChI is InChI=1S/C9H20O.C7H8/c1-4-9(5-6-10)7-8(2)3;1-7-5-3-2-4-6-7/h8-10H,4-7H2,1-3H3;2-6H,1H3. The summed E-state index contributed by atoms with van der Waals surface area (Å²) in [6, 6.07) is 10.3. The van der Waals surface area contributed by atoms with Gasteiger partial charge in [0.25, 0.3) is 0 Å². The molecule has 0 fully saturated rings. The van der Waals surface area contributed by atoms with Gasteiger partial charge in [0.15, 0.2) is 0 Å². The lowest BCUT2D eigenvalue weighted by molar-refractivity contribution is 0.240. The minimum Gasteiger partial charge on any atom is -0.396 e. The van der Waals surface area contributed by atoms with Crippen molar-refractivity contribution in [3.63, 3.8) is 0 Å². The molecule has 1 unspecified atom stereocenters. The molecule has 0 aliphatic carbocycles. The second kappa shape index (κ2) is 10.3. The minimum atomic E-state index is 0.352. The second-order valence-electron chi connectivity index (χ2n) is 5.07. The van der Waals surface area contributed by atoms with Crippen LogP contribution in [-0.4, -0.2) is 11.7 Å². The molecule has 98 valence electrons. The van der Waals surface area contributed by atoms with E-state index >= 15 is 0 Å². The SMILES string of the molecule is CCC(CCO)CC(C)C.Cc1ccccc1. The molecule has 1 nitrogen and oxygen atoms in total. The van der Waals surface area contributed by atoms with Crippen LogP contribution < -0.4 is 0 Å². The molecule has 0 aromatic heterocycles. The molecule has 0 bridgehead atoms. The Morgan fingerprint density at radius 1 is 1.12 bits per heavy atom. The number of aliphatic hydroxyl groups is 1. The fraction of sp³-hybridized carbons (Fsp3) is 0.625. The Morgan fingerprint density at radius 2 is 1.71 bits per heavy atom. The van der Waals surface area contributed by atoms with Gasteiger partial charge in [0.1, 0.15) is 0 Å². The molecule has 0 aliphatic rings. The van der Waals surface area contributed by atoms with Crippen LogP contribution in [0.5, 0.6) is 0 Å². The van der Waals surface area contributed by atoms with Crippen LogP contribution in [-0.2, 0) is 0 Å². The molecule has 1 N–H and O–H groups in total. The van der Waals surface area contributed by atoms with Gasteiger partial charge in [-0.1, -0.05) is 63.1 Å². The summed E-state index contributed by atoms with van der Waals surface area (Å²) in [6.45, 7) is 9.11. The normalized spacial score (nSPS) is 11.9. The number of hydrogen-bond acceptors (Lipinski definition) is 1. The quantitative estimate of drug-likeness (QED) is 0.801. The van der Waals surface area contributed by atoms with Crippen LogP contribution in [0.15, 0.2) is 30.3 Å². The van der Waals surface area contributed by atoms with Crippen molar-refractivity contribution in [1.29, 1.82) is 0 Å². The van der Waals surface area contributed by atoms with Gasteiger partial charge in [-0.3, -0.25) is 0 Å². The number of aliphatic hydroxyl groups excluding tert-OH is 1. The van der Waals surface area contributed by atoms with Crippen molar-refractivity contribution < 1.29 is 5.11 Å². The summed E-state index contributed by atoms with van der Waals surface area (Å²) in [4.78, 5) is 0. The van der Waals surface area contributed by atoms with Crippen molar-refractivity contribution in [3.8, 4) is 0 Å². The largest absolute Gasteiger partial charge is 0.396 e. The predicted octanol–water partition coefficient (Wildman–Crippen LogP) is 4.44. The van der Waals surface area contributed by atoms with E-state index in [0.29, 0.717) is 6.61 Å². The molecule has 1 aromatic rings. The predicted molar refractivity (Wildman–Crippen MR) is 76.1 cm³/mol. The number of aryl methyl sites for hydroxylation is 1. The minimum absolute atomic E-state index is 0.352. The summed E-state index contributed by atoms with van der Waals surface area (Å²) in [5.74, 6) is 1.52. The Bertz CT molecular complexity index is 253. The van der Waals surface area contributed by atoms with Crippen LogP contribution in [0.2, 0.25) is 0 Å². The van der Waals surface area contributed by atoms with Crippen molar-refractivity contribution in [1.82, 2.24) is 0 Å². The molecule has 1 atom stereocenters. The van der Waals surface area contributed by atoms with Gasteiger partial charge in [0, 0.05) is 6.61 Å². The zero-order valence-corrected chi connectivity index (χ0v) is 11.8. The molecule has 0 saturated carbocycles. The van der Waals surface area contributed by atoms with E-state index in [4.69, 9.17) is 5.11 Å². The molecule has 1 aromatic carbocycles. The fourth-order valence-corrected chi connectivity index (χ4v) is 1.87. The number of benzene rings is 1. The van der Waals surface area contributed by atoms with E-state index in [0.717, 1.165) is 18.3 Å². The maximum absolute atomic E-state index is 8.68. The lowest BCUT2D eigenvalue weighted by Crippen LogP contribution is -2.05. The van der Waals surface area contributed by atoms with E-state index < -0.39 is 0 Å². The highest BCUT2D eigenvalue weighted by molar-refractivity contribution is 5.11. The van der Waals surface area contributed by atoms with Crippen LogP contribution in [0.4, 0.5) is 0 Å². The summed E-state index contributed by atoms with van der Waals surface area (Å²) >= 11 is 0. The van der Waals surface area contributed by atoms with Gasteiger partial charge in [-0.15, -0.1) is 0 Å². The molecular weight excluding hydrogens is 208 g/mol. The molecule has 0 radical (unpaired) electrons. The van der Waals surface area contributed by atoms with Gasteiger partial charge < -0.3 is 5.11 Å². The zero-order valence-electron chi connectivity index (χ0n) is 11.8. The van der Waals surface area contributed by atoms with E-state index in [2.05, 4.69) is 39.8 Å². The first-order valence-corrected chi connectivity index (χ1v) is 6.72. The summed E-state index contributed by atoms with van der Waals surface area (Å²) in [5, 5.41) is 8.68. The Hall–Kier alpha value is -0.820. The van der Waals surface area contributed by atoms with E-state index in [-0.39, 0.29) is 0 Å². The molecule has 17 heavy (non-hydrogen) atoms. The van der Waals surface area contributed by atoms with Crippen LogP contribution in [0.3, 0.4) is 0 Å². The zero-order chi connectivity index (χ0) is 13.1. The van der Waals surface area contributed by atoms with Crippen LogP contribution in [0.25, 0.3) is 0 Å². The number of hydrogen-bond donors (Lipinski definition) is 1. The van der Waals surface area contributed by atoms with E-state index in [1.54, 1.807) is 0 Å². The third-order valence-corrected chi connectivity index (χ3v) is 2.86. The lowest BCUT2D eigenvalue weighted by Gasteiger charge is -2.14. The molecule has 0 heterocycles. The number of rotatable bonds is 5. The van der Waals surface area contributed by atoms with E-state index in [1.807, 2.05) is 18.2 Å². The molecule has 0 spiro atoms. The van der Waals surface area contributed by atoms with Crippen molar-refractivity contribution in [2.45, 2.75) is 47.0 Å². The van der Waals surface area contributed by atoms with Gasteiger partial charge in [0.2, 0.25) is 0 Å². The molecule has 1 rings (SSSR count). The van der Waals surface area contributed by atoms with E-state index in [9.17, 15) is 0 Å². The Morgan fingerprint density at radius 3 is 2.00 bits per heavy atom. The highest BCUT2D eigenvalue weighted by atomic mass is 16.3. The van der Waals surface area contributed by atoms with Gasteiger partial charge >= 0.3 is 0 Å². The van der Waals surface area contributed by atoms with Crippen molar-refractivity contribution in [2.75, 3.05) is 6.61 Å². The summed E-state index contributed by atoms with van der Waals surface area (Å²) in [7, 11) is 0. The monoisotopic (exact) mass is 236 g/mol. The molecule has 0 aliphatic heterocycles. The fourth-order valence-electron chi connectivity index (χ4n) is 1.87. The van der Waals surface area contributed by atoms with Crippen molar-refractivity contribution >= 4 is 0 Å². The van der Waals surface area contributed by atoms with Gasteiger partial charge in [-0.2, -0.15) is 0 Å². The molecule has 1 heteroatoms. The Kier molecular flexibility index (Phi) is 9.84. The van der Waals surface area contributed by atoms with E-state index in [1.165, 1.54) is 18.4 Å². The molecular formula is C16H28O. The van der Waals surface area contributed by atoms with Crippen LogP contribution in [0.1, 0.15) is 45.6 Å². The van der Waals surface area contributed by atoms with Crippen LogP contribution in [0, 0.1) is 18.8 Å². The van der Waals surface area contributed by atoms with Gasteiger partial charge in [0.05, 0.1) is 0 Å². The third kappa shape index (κ3) is 10.1. The smallest absolute Gasteiger partial charge is 0.0433 e. The first-order valence-electron chi connectivity index (χ1n) is 6.72. The summed E-state index contributed by atoms with van der Waals surface area (Å²) in [5.41, 5.74) is 1.32. The lowest BCUT2D eigenvalue weighted by atomic mass is 9.92. The summed E-state index contributed by atoms with van der Waals surface area (Å²) < 4.78 is 0. The molecule has 0 amide bonds. The first-order chi connectivity index (χ1) is 8.10. The third-order valence-electron chi connectivity index (χ3n) is 2.86. The van der Waals surface area contributed by atoms with Gasteiger partial charge in [-0.05, 0) is 31.6 Å². The Balaban J connectivity index is 0.000000318. The maximum Gasteiger partial charge on any atom is 0.0433 e. The molecule has 0 saturated heterocycles. The Labute approximate surface area is 107 Å². The van der Waals surface area contributed by atoms with Gasteiger partial charge in [-0.25, -0.2) is 0 Å². The topological polar surface area (TPSA) is 20.2 Å². The highest BCUT2D eigenvalue weighted by Crippen LogP contribution is 2.17. The van der Waals surface area contributed by atoms with Crippen molar-refractivity contribution in [3.05, 3.63) is 35.9 Å².